The Morgan fingerprint density at radius 1 is 0.362 bits per heavy atom. The zero-order valence-electron chi connectivity index (χ0n) is 32.4. The fraction of sp³-hybridized carbons (Fsp3) is 0.0545. The molecule has 0 amide bonds. The van der Waals surface area contributed by atoms with Crippen molar-refractivity contribution in [1.29, 1.82) is 0 Å². The second kappa shape index (κ2) is 13.4. The molecular weight excluding hydrogens is 703 g/mol. The maximum atomic E-state index is 5.12. The number of aromatic nitrogens is 3. The Hall–Kier alpha value is -7.36. The number of nitrogens with zero attached hydrogens (tertiary/aromatic N) is 3. The molecule has 3 heteroatoms. The van der Waals surface area contributed by atoms with Gasteiger partial charge in [-0.25, -0.2) is 9.97 Å². The standard InChI is InChI=1S/C55H39N3/c1-55(2)48-24-13-12-23-44(48)46-32-39(26-29-49(46)55)40-27-30-52-47(33-40)45-28-25-41(34-53(45)58(52)43-21-10-5-11-22-43)38-19-14-20-42(31-38)54-56-50(36-15-6-3-7-16-36)35-51(57-54)37-17-8-4-9-18-37/h3-35H,1-2H3. The van der Waals surface area contributed by atoms with Crippen LogP contribution in [0.15, 0.2) is 200 Å². The third-order valence-electron chi connectivity index (χ3n) is 12.0. The van der Waals surface area contributed by atoms with E-state index in [-0.39, 0.29) is 5.41 Å². The molecule has 1 aliphatic carbocycles. The van der Waals surface area contributed by atoms with Crippen molar-refractivity contribution in [2.75, 3.05) is 0 Å². The van der Waals surface area contributed by atoms with Gasteiger partial charge >= 0.3 is 0 Å². The fourth-order valence-electron chi connectivity index (χ4n) is 9.06. The van der Waals surface area contributed by atoms with Crippen LogP contribution >= 0.6 is 0 Å². The smallest absolute Gasteiger partial charge is 0.160 e. The summed E-state index contributed by atoms with van der Waals surface area (Å²) < 4.78 is 2.40. The van der Waals surface area contributed by atoms with E-state index >= 15 is 0 Å². The van der Waals surface area contributed by atoms with Crippen LogP contribution in [0.3, 0.4) is 0 Å². The second-order valence-corrected chi connectivity index (χ2v) is 15.8. The van der Waals surface area contributed by atoms with Gasteiger partial charge in [-0.05, 0) is 93.0 Å². The number of para-hydroxylation sites is 1. The lowest BCUT2D eigenvalue weighted by molar-refractivity contribution is 0.660. The van der Waals surface area contributed by atoms with Gasteiger partial charge in [-0.1, -0.05) is 166 Å². The first-order chi connectivity index (χ1) is 28.5. The Bertz CT molecular complexity index is 3120. The number of hydrogen-bond donors (Lipinski definition) is 0. The van der Waals surface area contributed by atoms with Crippen molar-refractivity contribution in [2.45, 2.75) is 19.3 Å². The van der Waals surface area contributed by atoms with Crippen LogP contribution in [-0.2, 0) is 5.41 Å². The van der Waals surface area contributed by atoms with E-state index in [1.165, 1.54) is 55.2 Å². The van der Waals surface area contributed by atoms with Crippen molar-refractivity contribution in [3.05, 3.63) is 211 Å². The molecule has 274 valence electrons. The van der Waals surface area contributed by atoms with Crippen molar-refractivity contribution < 1.29 is 0 Å². The predicted molar refractivity (Wildman–Crippen MR) is 241 cm³/mol. The Balaban J connectivity index is 1.04. The summed E-state index contributed by atoms with van der Waals surface area (Å²) in [4.78, 5) is 10.2. The minimum atomic E-state index is -0.0148. The minimum absolute atomic E-state index is 0.0148. The molecule has 0 bridgehead atoms. The van der Waals surface area contributed by atoms with Gasteiger partial charge in [0.25, 0.3) is 0 Å². The number of benzene rings is 8. The largest absolute Gasteiger partial charge is 0.309 e. The molecule has 0 unspecified atom stereocenters. The Morgan fingerprint density at radius 2 is 0.914 bits per heavy atom. The first kappa shape index (κ1) is 33.9. The summed E-state index contributed by atoms with van der Waals surface area (Å²) in [5.41, 5.74) is 18.5. The van der Waals surface area contributed by atoms with E-state index in [0.717, 1.165) is 44.9 Å². The molecule has 0 fully saturated rings. The van der Waals surface area contributed by atoms with Gasteiger partial charge in [-0.3, -0.25) is 0 Å². The maximum absolute atomic E-state index is 5.12. The van der Waals surface area contributed by atoms with Crippen LogP contribution in [-0.4, -0.2) is 14.5 Å². The Labute approximate surface area is 338 Å². The van der Waals surface area contributed by atoms with Crippen molar-refractivity contribution in [2.24, 2.45) is 0 Å². The van der Waals surface area contributed by atoms with Crippen LogP contribution in [0.4, 0.5) is 0 Å². The average molecular weight is 742 g/mol. The number of fused-ring (bicyclic) bond motifs is 6. The van der Waals surface area contributed by atoms with Crippen LogP contribution in [0, 0.1) is 0 Å². The Kier molecular flexibility index (Phi) is 7.84. The van der Waals surface area contributed by atoms with Gasteiger partial charge in [0.1, 0.15) is 0 Å². The van der Waals surface area contributed by atoms with E-state index in [1.54, 1.807) is 0 Å². The maximum Gasteiger partial charge on any atom is 0.160 e. The number of rotatable bonds is 6. The van der Waals surface area contributed by atoms with E-state index in [2.05, 4.69) is 206 Å². The molecule has 58 heavy (non-hydrogen) atoms. The zero-order chi connectivity index (χ0) is 38.8. The predicted octanol–water partition coefficient (Wildman–Crippen LogP) is 14.2. The first-order valence-electron chi connectivity index (χ1n) is 20.0. The van der Waals surface area contributed by atoms with Crippen LogP contribution < -0.4 is 0 Å². The Morgan fingerprint density at radius 3 is 1.66 bits per heavy atom. The van der Waals surface area contributed by atoms with E-state index < -0.39 is 0 Å². The first-order valence-corrected chi connectivity index (χ1v) is 20.0. The van der Waals surface area contributed by atoms with Crippen LogP contribution in [0.5, 0.6) is 0 Å². The molecule has 0 saturated carbocycles. The van der Waals surface area contributed by atoms with Gasteiger partial charge in [-0.2, -0.15) is 0 Å². The van der Waals surface area contributed by atoms with E-state index in [1.807, 2.05) is 12.1 Å². The number of hydrogen-bond acceptors (Lipinski definition) is 2. The van der Waals surface area contributed by atoms with E-state index in [4.69, 9.17) is 9.97 Å². The van der Waals surface area contributed by atoms with Crippen LogP contribution in [0.2, 0.25) is 0 Å². The van der Waals surface area contributed by atoms with Crippen molar-refractivity contribution in [3.8, 4) is 73.0 Å². The van der Waals surface area contributed by atoms with Gasteiger partial charge in [0.05, 0.1) is 22.4 Å². The topological polar surface area (TPSA) is 30.7 Å². The van der Waals surface area contributed by atoms with Crippen LogP contribution in [0.1, 0.15) is 25.0 Å². The highest BCUT2D eigenvalue weighted by Crippen LogP contribution is 2.49. The normalized spacial score (nSPS) is 12.8. The summed E-state index contributed by atoms with van der Waals surface area (Å²) in [5.74, 6) is 0.702. The van der Waals surface area contributed by atoms with E-state index in [0.29, 0.717) is 5.82 Å². The lowest BCUT2D eigenvalue weighted by Gasteiger charge is -2.21. The fourth-order valence-corrected chi connectivity index (χ4v) is 9.06. The van der Waals surface area contributed by atoms with Crippen LogP contribution in [0.25, 0.3) is 94.8 Å². The van der Waals surface area contributed by atoms with Gasteiger partial charge in [0.15, 0.2) is 5.82 Å². The molecule has 11 rings (SSSR count). The van der Waals surface area contributed by atoms with Crippen molar-refractivity contribution in [1.82, 2.24) is 14.5 Å². The summed E-state index contributed by atoms with van der Waals surface area (Å²) in [7, 11) is 0. The molecule has 0 atom stereocenters. The summed E-state index contributed by atoms with van der Waals surface area (Å²) in [6.45, 7) is 4.68. The van der Waals surface area contributed by atoms with Gasteiger partial charge in [0.2, 0.25) is 0 Å². The second-order valence-electron chi connectivity index (χ2n) is 15.8. The van der Waals surface area contributed by atoms with Gasteiger partial charge < -0.3 is 4.57 Å². The molecule has 8 aromatic carbocycles. The molecule has 0 spiro atoms. The average Bonchev–Trinajstić information content (AvgIpc) is 3.74. The molecule has 2 aromatic heterocycles. The highest BCUT2D eigenvalue weighted by atomic mass is 15.0. The highest BCUT2D eigenvalue weighted by molar-refractivity contribution is 6.11. The monoisotopic (exact) mass is 741 g/mol. The quantitative estimate of drug-likeness (QED) is 0.170. The molecule has 1 aliphatic rings. The lowest BCUT2D eigenvalue weighted by Crippen LogP contribution is -2.14. The highest BCUT2D eigenvalue weighted by Gasteiger charge is 2.35. The summed E-state index contributed by atoms with van der Waals surface area (Å²) >= 11 is 0. The lowest BCUT2D eigenvalue weighted by atomic mass is 9.82. The summed E-state index contributed by atoms with van der Waals surface area (Å²) in [5, 5.41) is 2.46. The SMILES string of the molecule is CC1(C)c2ccccc2-c2cc(-c3ccc4c(c3)c3ccc(-c5cccc(-c6nc(-c7ccccc7)cc(-c7ccccc7)n6)c5)cc3n4-c3ccccc3)ccc21. The molecular formula is C55H39N3. The molecule has 0 aliphatic heterocycles. The third-order valence-corrected chi connectivity index (χ3v) is 12.0. The molecule has 0 saturated heterocycles. The third kappa shape index (κ3) is 5.58. The minimum Gasteiger partial charge on any atom is -0.309 e. The zero-order valence-corrected chi connectivity index (χ0v) is 32.4. The molecule has 2 heterocycles. The molecule has 3 nitrogen and oxygen atoms in total. The summed E-state index contributed by atoms with van der Waals surface area (Å²) in [6, 6.07) is 71.9. The molecule has 0 N–H and O–H groups in total. The van der Waals surface area contributed by atoms with Gasteiger partial charge in [-0.15, -0.1) is 0 Å². The van der Waals surface area contributed by atoms with Gasteiger partial charge in [0, 0.05) is 38.6 Å². The molecule has 0 radical (unpaired) electrons. The van der Waals surface area contributed by atoms with Crippen molar-refractivity contribution in [3.63, 3.8) is 0 Å². The molecule has 10 aromatic rings. The summed E-state index contributed by atoms with van der Waals surface area (Å²) in [6.07, 6.45) is 0. The van der Waals surface area contributed by atoms with E-state index in [9.17, 15) is 0 Å². The van der Waals surface area contributed by atoms with Crippen molar-refractivity contribution >= 4 is 21.8 Å².